The molecule has 1 unspecified atom stereocenters. The summed E-state index contributed by atoms with van der Waals surface area (Å²) in [6.45, 7) is 3.90. The van der Waals surface area contributed by atoms with Crippen molar-refractivity contribution in [2.75, 3.05) is 13.2 Å². The Morgan fingerprint density at radius 3 is 1.92 bits per heavy atom. The van der Waals surface area contributed by atoms with Gasteiger partial charge in [0.25, 0.3) is 0 Å². The van der Waals surface area contributed by atoms with E-state index in [0.29, 0.717) is 12.0 Å². The molecule has 1 N–H and O–H groups in total. The van der Waals surface area contributed by atoms with Crippen LogP contribution in [-0.2, 0) is 25.4 Å². The van der Waals surface area contributed by atoms with Gasteiger partial charge >= 0.3 is 7.60 Å². The number of benzene rings is 2. The first-order valence-electron chi connectivity index (χ1n) is 8.26. The van der Waals surface area contributed by atoms with Crippen molar-refractivity contribution in [3.05, 3.63) is 71.8 Å². The highest BCUT2D eigenvalue weighted by Gasteiger charge is 2.50. The zero-order valence-electron chi connectivity index (χ0n) is 14.2. The Kier molecular flexibility index (Phi) is 6.76. The van der Waals surface area contributed by atoms with Crippen molar-refractivity contribution >= 4 is 7.60 Å². The summed E-state index contributed by atoms with van der Waals surface area (Å²) >= 11 is 0. The molecule has 0 heterocycles. The maximum absolute atomic E-state index is 13.4. The van der Waals surface area contributed by atoms with Crippen molar-refractivity contribution in [3.8, 4) is 0 Å². The summed E-state index contributed by atoms with van der Waals surface area (Å²) in [7, 11) is -3.74. The Hall–Kier alpha value is -1.45. The molecule has 2 aromatic rings. The highest BCUT2D eigenvalue weighted by atomic mass is 31.2. The zero-order chi connectivity index (χ0) is 17.5. The van der Waals surface area contributed by atoms with Gasteiger partial charge in [-0.05, 0) is 37.8 Å². The summed E-state index contributed by atoms with van der Waals surface area (Å²) in [6.07, 6.45) is 0.814. The van der Waals surface area contributed by atoms with Crippen LogP contribution in [0.2, 0.25) is 0 Å². The quantitative estimate of drug-likeness (QED) is 0.666. The Morgan fingerprint density at radius 2 is 1.42 bits per heavy atom. The van der Waals surface area contributed by atoms with Crippen LogP contribution in [0.4, 0.5) is 0 Å². The molecule has 0 saturated heterocycles. The van der Waals surface area contributed by atoms with Crippen LogP contribution in [0.3, 0.4) is 0 Å². The number of rotatable bonds is 9. The molecule has 130 valence electrons. The molecule has 0 fully saturated rings. The molecule has 0 amide bonds. The maximum atomic E-state index is 13.4. The van der Waals surface area contributed by atoms with Crippen LogP contribution < -0.4 is 0 Å². The molecule has 5 heteroatoms. The normalized spacial score (nSPS) is 14.3. The van der Waals surface area contributed by atoms with Gasteiger partial charge < -0.3 is 14.2 Å². The summed E-state index contributed by atoms with van der Waals surface area (Å²) in [5, 5.41) is 9.73. The van der Waals surface area contributed by atoms with Gasteiger partial charge in [0.15, 0.2) is 5.34 Å². The molecule has 24 heavy (non-hydrogen) atoms. The van der Waals surface area contributed by atoms with E-state index in [1.165, 1.54) is 0 Å². The molecular formula is C19H25O4P. The lowest BCUT2D eigenvalue weighted by Crippen LogP contribution is -2.29. The molecule has 0 bridgehead atoms. The largest absolute Gasteiger partial charge is 0.373 e. The van der Waals surface area contributed by atoms with Crippen molar-refractivity contribution in [1.82, 2.24) is 0 Å². The van der Waals surface area contributed by atoms with E-state index < -0.39 is 12.9 Å². The lowest BCUT2D eigenvalue weighted by Gasteiger charge is -2.35. The fraction of sp³-hybridized carbons (Fsp3) is 0.368. The predicted octanol–water partition coefficient (Wildman–Crippen LogP) is 4.73. The summed E-state index contributed by atoms with van der Waals surface area (Å²) in [5.41, 5.74) is 1.61. The van der Waals surface area contributed by atoms with Crippen molar-refractivity contribution in [2.24, 2.45) is 0 Å². The van der Waals surface area contributed by atoms with Gasteiger partial charge in [0.2, 0.25) is 0 Å². The third kappa shape index (κ3) is 4.14. The first kappa shape index (κ1) is 18.9. The Bertz CT molecular complexity index is 650. The van der Waals surface area contributed by atoms with Gasteiger partial charge in [0.05, 0.1) is 13.2 Å². The van der Waals surface area contributed by atoms with E-state index in [1.807, 2.05) is 48.5 Å². The smallest absolute Gasteiger partial charge is 0.366 e. The van der Waals surface area contributed by atoms with E-state index in [0.717, 1.165) is 5.56 Å². The van der Waals surface area contributed by atoms with Crippen LogP contribution in [0.15, 0.2) is 60.7 Å². The first-order valence-corrected chi connectivity index (χ1v) is 9.81. The monoisotopic (exact) mass is 348 g/mol. The van der Waals surface area contributed by atoms with Crippen LogP contribution in [0, 0.1) is 0 Å². The Labute approximate surface area is 144 Å². The number of hydrogen-bond acceptors (Lipinski definition) is 4. The van der Waals surface area contributed by atoms with E-state index in [1.54, 1.807) is 26.0 Å². The van der Waals surface area contributed by atoms with Crippen LogP contribution in [-0.4, -0.2) is 18.3 Å². The second-order valence-corrected chi connectivity index (χ2v) is 7.75. The van der Waals surface area contributed by atoms with Gasteiger partial charge in [-0.3, -0.25) is 4.57 Å². The second kappa shape index (κ2) is 8.59. The molecule has 0 spiro atoms. The van der Waals surface area contributed by atoms with Gasteiger partial charge in [-0.25, -0.2) is 0 Å². The zero-order valence-corrected chi connectivity index (χ0v) is 15.1. The summed E-state index contributed by atoms with van der Waals surface area (Å²) in [5.74, 6) is 0. The summed E-state index contributed by atoms with van der Waals surface area (Å²) in [4.78, 5) is 0. The predicted molar refractivity (Wildman–Crippen MR) is 96.0 cm³/mol. The van der Waals surface area contributed by atoms with Crippen LogP contribution in [0.1, 0.15) is 31.4 Å². The molecule has 4 nitrogen and oxygen atoms in total. The standard InChI is InChI=1S/C19H25O4P/c1-3-22-24(21,23-4-2)19(20,18-13-9-6-10-14-18)16-15-17-11-7-5-8-12-17/h5-14,20H,3-4,15-16H2,1-2H3. The molecule has 2 rings (SSSR count). The minimum Gasteiger partial charge on any atom is -0.373 e. The van der Waals surface area contributed by atoms with E-state index in [2.05, 4.69) is 0 Å². The molecule has 0 aliphatic carbocycles. The van der Waals surface area contributed by atoms with Gasteiger partial charge in [0, 0.05) is 0 Å². The van der Waals surface area contributed by atoms with Crippen molar-refractivity contribution in [3.63, 3.8) is 0 Å². The van der Waals surface area contributed by atoms with E-state index >= 15 is 0 Å². The molecule has 1 atom stereocenters. The molecule has 0 aromatic heterocycles. The lowest BCUT2D eigenvalue weighted by molar-refractivity contribution is 0.0584. The average Bonchev–Trinajstić information content (AvgIpc) is 2.61. The fourth-order valence-electron chi connectivity index (χ4n) is 2.70. The molecule has 2 aromatic carbocycles. The van der Waals surface area contributed by atoms with Crippen molar-refractivity contribution in [2.45, 2.75) is 32.0 Å². The second-order valence-electron chi connectivity index (χ2n) is 5.50. The average molecular weight is 348 g/mol. The number of aryl methyl sites for hydroxylation is 1. The van der Waals surface area contributed by atoms with E-state index in [4.69, 9.17) is 9.05 Å². The highest BCUT2D eigenvalue weighted by molar-refractivity contribution is 7.54. The van der Waals surface area contributed by atoms with Gasteiger partial charge in [0.1, 0.15) is 0 Å². The summed E-state index contributed by atoms with van der Waals surface area (Å²) < 4.78 is 24.3. The Balaban J connectivity index is 2.39. The molecule has 0 aliphatic rings. The molecule has 0 aliphatic heterocycles. The van der Waals surface area contributed by atoms with Crippen LogP contribution >= 0.6 is 7.60 Å². The minimum absolute atomic E-state index is 0.206. The third-order valence-electron chi connectivity index (χ3n) is 3.89. The van der Waals surface area contributed by atoms with Crippen molar-refractivity contribution < 1.29 is 18.7 Å². The fourth-order valence-corrected chi connectivity index (χ4v) is 4.73. The van der Waals surface area contributed by atoms with Crippen LogP contribution in [0.5, 0.6) is 0 Å². The Morgan fingerprint density at radius 1 is 0.917 bits per heavy atom. The van der Waals surface area contributed by atoms with Gasteiger partial charge in [-0.1, -0.05) is 60.7 Å². The first-order chi connectivity index (χ1) is 11.6. The van der Waals surface area contributed by atoms with Crippen LogP contribution in [0.25, 0.3) is 0 Å². The SMILES string of the molecule is CCOP(=O)(OCC)C(O)(CCc1ccccc1)c1ccccc1. The summed E-state index contributed by atoms with van der Waals surface area (Å²) in [6, 6.07) is 18.8. The topological polar surface area (TPSA) is 55.8 Å². The molecule has 0 saturated carbocycles. The van der Waals surface area contributed by atoms with Gasteiger partial charge in [-0.15, -0.1) is 0 Å². The van der Waals surface area contributed by atoms with E-state index in [-0.39, 0.29) is 19.6 Å². The molecule has 0 radical (unpaired) electrons. The van der Waals surface area contributed by atoms with Crippen molar-refractivity contribution in [1.29, 1.82) is 0 Å². The molecular weight excluding hydrogens is 323 g/mol. The van der Waals surface area contributed by atoms with Gasteiger partial charge in [-0.2, -0.15) is 0 Å². The number of aliphatic hydroxyl groups is 1. The third-order valence-corrected chi connectivity index (χ3v) is 6.48. The minimum atomic E-state index is -3.74. The maximum Gasteiger partial charge on any atom is 0.366 e. The van der Waals surface area contributed by atoms with E-state index in [9.17, 15) is 9.67 Å². The lowest BCUT2D eigenvalue weighted by atomic mass is 10.0. The number of hydrogen-bond donors (Lipinski definition) is 1. The highest BCUT2D eigenvalue weighted by Crippen LogP contribution is 2.65.